The molecule has 5 heteroatoms. The first-order valence-corrected chi connectivity index (χ1v) is 5.41. The maximum Gasteiger partial charge on any atom is 0.257 e. The van der Waals surface area contributed by atoms with Gasteiger partial charge in [0.2, 0.25) is 0 Å². The third-order valence-corrected chi connectivity index (χ3v) is 2.69. The monoisotopic (exact) mass is 233 g/mol. The molecule has 0 spiro atoms. The van der Waals surface area contributed by atoms with E-state index in [2.05, 4.69) is 11.9 Å². The van der Waals surface area contributed by atoms with E-state index < -0.39 is 0 Å². The lowest BCUT2D eigenvalue weighted by atomic mass is 10.4. The smallest absolute Gasteiger partial charge is 0.257 e. The van der Waals surface area contributed by atoms with E-state index in [-0.39, 0.29) is 12.0 Å². The molecule has 1 amide bonds. The van der Waals surface area contributed by atoms with Crippen LogP contribution in [0.15, 0.2) is 21.9 Å². The molecule has 1 unspecified atom stereocenters. The number of halogens is 1. The van der Waals surface area contributed by atoms with Crippen LogP contribution in [-0.2, 0) is 9.53 Å². The van der Waals surface area contributed by atoms with Crippen LogP contribution in [0.5, 0.6) is 0 Å². The molecular formula is C9H12ClNO2S. The Hall–Kier alpha value is -0.450. The highest BCUT2D eigenvalue weighted by molar-refractivity contribution is 8.08. The zero-order chi connectivity index (χ0) is 10.6. The highest BCUT2D eigenvalue weighted by atomic mass is 35.5. The molecule has 1 heterocycles. The zero-order valence-corrected chi connectivity index (χ0v) is 9.45. The topological polar surface area (TPSA) is 41.6 Å². The summed E-state index contributed by atoms with van der Waals surface area (Å²) in [5.41, 5.74) is 0. The second kappa shape index (κ2) is 5.44. The van der Waals surface area contributed by atoms with Crippen LogP contribution in [0.2, 0.25) is 0 Å². The van der Waals surface area contributed by atoms with Gasteiger partial charge in [0.05, 0.1) is 22.0 Å². The van der Waals surface area contributed by atoms with Crippen molar-refractivity contribution >= 4 is 29.3 Å². The number of allylic oxidation sites excluding steroid dienone is 1. The Morgan fingerprint density at radius 1 is 1.86 bits per heavy atom. The van der Waals surface area contributed by atoms with Gasteiger partial charge in [-0.25, -0.2) is 0 Å². The van der Waals surface area contributed by atoms with Gasteiger partial charge >= 0.3 is 0 Å². The van der Waals surface area contributed by atoms with Crippen molar-refractivity contribution in [2.75, 3.05) is 13.2 Å². The van der Waals surface area contributed by atoms with E-state index >= 15 is 0 Å². The van der Waals surface area contributed by atoms with Gasteiger partial charge < -0.3 is 10.1 Å². The van der Waals surface area contributed by atoms with Crippen LogP contribution in [0, 0.1) is 0 Å². The lowest BCUT2D eigenvalue weighted by molar-refractivity contribution is -0.116. The molecule has 0 aliphatic carbocycles. The predicted molar refractivity (Wildman–Crippen MR) is 59.1 cm³/mol. The van der Waals surface area contributed by atoms with Crippen molar-refractivity contribution in [3.8, 4) is 0 Å². The predicted octanol–water partition coefficient (Wildman–Crippen LogP) is 1.85. The summed E-state index contributed by atoms with van der Waals surface area (Å²) in [7, 11) is 0. The van der Waals surface area contributed by atoms with Crippen LogP contribution >= 0.6 is 23.4 Å². The van der Waals surface area contributed by atoms with Gasteiger partial charge in [-0.2, -0.15) is 0 Å². The van der Waals surface area contributed by atoms with Gasteiger partial charge in [-0.15, -0.1) is 0 Å². The summed E-state index contributed by atoms with van der Waals surface area (Å²) in [6, 6.07) is 0. The Morgan fingerprint density at radius 3 is 2.93 bits per heavy atom. The minimum Gasteiger partial charge on any atom is -0.371 e. The fourth-order valence-corrected chi connectivity index (χ4v) is 1.61. The number of thioether (sulfide) groups is 1. The van der Waals surface area contributed by atoms with Gasteiger partial charge in [0, 0.05) is 6.54 Å². The van der Waals surface area contributed by atoms with Crippen molar-refractivity contribution in [1.29, 1.82) is 0 Å². The number of amides is 1. The first kappa shape index (κ1) is 11.6. The molecule has 14 heavy (non-hydrogen) atoms. The van der Waals surface area contributed by atoms with Gasteiger partial charge in [0.25, 0.3) is 5.91 Å². The number of rotatable bonds is 5. The van der Waals surface area contributed by atoms with Gasteiger partial charge in [-0.1, -0.05) is 36.0 Å². The third-order valence-electron chi connectivity index (χ3n) is 1.60. The summed E-state index contributed by atoms with van der Waals surface area (Å²) >= 11 is 6.75. The van der Waals surface area contributed by atoms with Crippen LogP contribution in [0.25, 0.3) is 0 Å². The Morgan fingerprint density at radius 2 is 2.50 bits per heavy atom. The number of hydrogen-bond acceptors (Lipinski definition) is 3. The van der Waals surface area contributed by atoms with Crippen LogP contribution in [0.4, 0.5) is 0 Å². The lowest BCUT2D eigenvalue weighted by Gasteiger charge is -2.05. The molecule has 0 saturated carbocycles. The van der Waals surface area contributed by atoms with Crippen molar-refractivity contribution < 1.29 is 9.53 Å². The quantitative estimate of drug-likeness (QED) is 0.582. The molecule has 1 atom stereocenters. The average Bonchev–Trinajstić information content (AvgIpc) is 2.93. The summed E-state index contributed by atoms with van der Waals surface area (Å²) < 4.78 is 5.35. The second-order valence-corrected chi connectivity index (χ2v) is 4.59. The summed E-state index contributed by atoms with van der Waals surface area (Å²) in [4.78, 5) is 12.0. The summed E-state index contributed by atoms with van der Waals surface area (Å²) in [5, 5.41) is 2.75. The van der Waals surface area contributed by atoms with E-state index in [1.54, 1.807) is 13.0 Å². The molecule has 0 bridgehead atoms. The van der Waals surface area contributed by atoms with Crippen LogP contribution in [0.1, 0.15) is 6.92 Å². The summed E-state index contributed by atoms with van der Waals surface area (Å²) in [5.74, 6) is -0.130. The minimum absolute atomic E-state index is 0.130. The largest absolute Gasteiger partial charge is 0.371 e. The van der Waals surface area contributed by atoms with Crippen molar-refractivity contribution in [2.24, 2.45) is 0 Å². The molecule has 1 N–H and O–H groups in total. The fourth-order valence-electron chi connectivity index (χ4n) is 0.835. The summed E-state index contributed by atoms with van der Waals surface area (Å²) in [6.45, 7) is 6.60. The Balaban J connectivity index is 2.34. The Kier molecular flexibility index (Phi) is 4.51. The molecule has 1 fully saturated rings. The van der Waals surface area contributed by atoms with Crippen molar-refractivity contribution in [3.63, 3.8) is 0 Å². The number of epoxide rings is 1. The normalized spacial score (nSPS) is 20.4. The van der Waals surface area contributed by atoms with E-state index in [1.165, 1.54) is 0 Å². The van der Waals surface area contributed by atoms with Gasteiger partial charge in [-0.05, 0) is 6.92 Å². The van der Waals surface area contributed by atoms with Gasteiger partial charge in [0.1, 0.15) is 0 Å². The van der Waals surface area contributed by atoms with Crippen LogP contribution in [-0.4, -0.2) is 25.2 Å². The van der Waals surface area contributed by atoms with Crippen LogP contribution in [0.3, 0.4) is 0 Å². The van der Waals surface area contributed by atoms with E-state index in [1.807, 2.05) is 0 Å². The highest BCUT2D eigenvalue weighted by Crippen LogP contribution is 2.26. The molecule has 0 aromatic carbocycles. The van der Waals surface area contributed by atoms with Crippen molar-refractivity contribution in [3.05, 3.63) is 21.9 Å². The lowest BCUT2D eigenvalue weighted by Crippen LogP contribution is -2.27. The first-order valence-electron chi connectivity index (χ1n) is 4.22. The Labute approximate surface area is 92.5 Å². The maximum absolute atomic E-state index is 11.5. The van der Waals surface area contributed by atoms with E-state index in [9.17, 15) is 4.79 Å². The number of nitrogens with one attached hydrogen (secondary N) is 1. The first-order chi connectivity index (χ1) is 6.63. The van der Waals surface area contributed by atoms with Gasteiger partial charge in [0.15, 0.2) is 0 Å². The molecule has 0 aromatic rings. The third kappa shape index (κ3) is 4.17. The molecule has 3 nitrogen and oxygen atoms in total. The van der Waals surface area contributed by atoms with Crippen LogP contribution < -0.4 is 5.32 Å². The van der Waals surface area contributed by atoms with E-state index in [0.29, 0.717) is 15.8 Å². The SMILES string of the molecule is C=C(Cl)S/C(=C\C)C(=O)NCC1CO1. The van der Waals surface area contributed by atoms with Crippen molar-refractivity contribution in [2.45, 2.75) is 13.0 Å². The number of ether oxygens (including phenoxy) is 1. The molecule has 78 valence electrons. The average molecular weight is 234 g/mol. The molecule has 1 rings (SSSR count). The number of carbonyl (C=O) groups is 1. The molecule has 0 radical (unpaired) electrons. The molecular weight excluding hydrogens is 222 g/mol. The number of carbonyl (C=O) groups excluding carboxylic acids is 1. The van der Waals surface area contributed by atoms with Crippen molar-refractivity contribution in [1.82, 2.24) is 5.32 Å². The second-order valence-electron chi connectivity index (χ2n) is 2.78. The Bertz CT molecular complexity index is 274. The maximum atomic E-state index is 11.5. The molecule has 1 aliphatic heterocycles. The summed E-state index contributed by atoms with van der Waals surface area (Å²) in [6.07, 6.45) is 1.91. The number of hydrogen-bond donors (Lipinski definition) is 1. The minimum atomic E-state index is -0.130. The molecule has 1 saturated heterocycles. The standard InChI is InChI=1S/C9H12ClNO2S/c1-3-8(14-6(2)10)9(12)11-4-7-5-13-7/h3,7H,2,4-5H2,1H3,(H,11,12)/b8-3-. The van der Waals surface area contributed by atoms with E-state index in [0.717, 1.165) is 18.4 Å². The highest BCUT2D eigenvalue weighted by Gasteiger charge is 2.23. The van der Waals surface area contributed by atoms with E-state index in [4.69, 9.17) is 16.3 Å². The van der Waals surface area contributed by atoms with Gasteiger partial charge in [-0.3, -0.25) is 4.79 Å². The zero-order valence-electron chi connectivity index (χ0n) is 7.88. The fraction of sp³-hybridized carbons (Fsp3) is 0.444. The molecule has 0 aromatic heterocycles. The molecule has 1 aliphatic rings.